The quantitative estimate of drug-likeness (QED) is 0.0264. The second-order valence-electron chi connectivity index (χ2n) is 35.9. The van der Waals surface area contributed by atoms with Crippen molar-refractivity contribution in [1.82, 2.24) is 80.5 Å². The Morgan fingerprint density at radius 2 is 0.854 bits per heavy atom. The molecule has 2 heterocycles. The monoisotopic (exact) mass is 1810 g/mol. The van der Waals surface area contributed by atoms with Gasteiger partial charge in [-0.25, -0.2) is 25.0 Å². The Labute approximate surface area is 795 Å². The second-order valence-corrected chi connectivity index (χ2v) is 35.9. The number of nitrogens with one attached hydrogen (secondary N) is 6. The number of allylic oxidation sites excluding steroid dienone is 6. The van der Waals surface area contributed by atoms with Gasteiger partial charge in [0.2, 0.25) is 23.8 Å². The summed E-state index contributed by atoms with van der Waals surface area (Å²) in [6.45, 7) is 28.5. The van der Waals surface area contributed by atoms with Crippen LogP contribution in [0.1, 0.15) is 257 Å². The second kappa shape index (κ2) is 76.8. The fraction of sp³-hybridized carbons (Fsp3) is 0.670. The Morgan fingerprint density at radius 1 is 0.438 bits per heavy atom. The first kappa shape index (κ1) is 122. The average molecular weight is 1810 g/mol. The summed E-state index contributed by atoms with van der Waals surface area (Å²) in [7, 11) is 41.0. The summed E-state index contributed by atoms with van der Waals surface area (Å²) in [5.41, 5.74) is 5.25. The van der Waals surface area contributed by atoms with E-state index in [2.05, 4.69) is 169 Å². The molecule has 740 valence electrons. The molecule has 6 N–H and O–H groups in total. The first-order valence-electron chi connectivity index (χ1n) is 48.1. The molecule has 2 aromatic rings. The van der Waals surface area contributed by atoms with E-state index in [0.29, 0.717) is 36.3 Å². The molecule has 130 heavy (non-hydrogen) atoms. The number of amides is 1. The van der Waals surface area contributed by atoms with Crippen molar-refractivity contribution in [3.05, 3.63) is 133 Å². The molecule has 0 spiro atoms. The Kier molecular flexibility index (Phi) is 72.2. The number of hydrogen-bond acceptors (Lipinski definition) is 11. The third kappa shape index (κ3) is 60.9. The van der Waals surface area contributed by atoms with Crippen LogP contribution in [0.3, 0.4) is 0 Å². The van der Waals surface area contributed by atoms with Crippen LogP contribution in [0.4, 0.5) is 11.4 Å². The Balaban J connectivity index is 0. The minimum atomic E-state index is -0.00129. The van der Waals surface area contributed by atoms with E-state index in [0.717, 1.165) is 97.6 Å². The largest absolute Gasteiger partial charge is 0.360 e. The number of carbonyl (C=O) groups is 1. The molecule has 0 aromatic heterocycles. The number of fused-ring (bicyclic) bond motifs is 2. The lowest BCUT2D eigenvalue weighted by Crippen LogP contribution is -2.46. The maximum atomic E-state index is 12.3. The van der Waals surface area contributed by atoms with Crippen LogP contribution in [0, 0.1) is 11.8 Å². The van der Waals surface area contributed by atoms with Crippen molar-refractivity contribution in [3.63, 3.8) is 0 Å². The maximum Gasteiger partial charge on any atom is 0.226 e. The fourth-order valence-corrected chi connectivity index (χ4v) is 14.7. The highest BCUT2D eigenvalue weighted by atomic mass is 16.1. The van der Waals surface area contributed by atoms with E-state index in [9.17, 15) is 4.79 Å². The summed E-state index contributed by atoms with van der Waals surface area (Å²) in [6.07, 6.45) is 50.2. The van der Waals surface area contributed by atoms with Crippen LogP contribution >= 0.6 is 0 Å². The van der Waals surface area contributed by atoms with Gasteiger partial charge in [0.05, 0.1) is 23.6 Å². The summed E-state index contributed by atoms with van der Waals surface area (Å²) in [5, 5.41) is 18.3. The van der Waals surface area contributed by atoms with Crippen LogP contribution < -0.4 is 31.9 Å². The van der Waals surface area contributed by atoms with Crippen LogP contribution in [0.2, 0.25) is 0 Å². The van der Waals surface area contributed by atoms with E-state index in [1.807, 2.05) is 274 Å². The van der Waals surface area contributed by atoms with Crippen molar-refractivity contribution >= 4 is 70.8 Å². The highest BCUT2D eigenvalue weighted by molar-refractivity contribution is 6.05. The molecule has 0 radical (unpaired) electrons. The minimum absolute atomic E-state index is 0. The van der Waals surface area contributed by atoms with Crippen LogP contribution in [-0.2, 0) is 4.79 Å². The molecule has 1 saturated heterocycles. The molecular weight excluding hydrogens is 1620 g/mol. The van der Waals surface area contributed by atoms with Gasteiger partial charge in [0, 0.05) is 229 Å². The number of anilines is 1. The molecule has 2 aliphatic heterocycles. The van der Waals surface area contributed by atoms with Crippen LogP contribution in [0.5, 0.6) is 0 Å². The first-order chi connectivity index (χ1) is 61.6. The number of guanidine groups is 8. The Morgan fingerprint density at radius 3 is 1.26 bits per heavy atom. The minimum Gasteiger partial charge on any atom is -0.360 e. The summed E-state index contributed by atoms with van der Waals surface area (Å²) < 4.78 is 0. The predicted molar refractivity (Wildman–Crippen MR) is 572 cm³/mol. The van der Waals surface area contributed by atoms with Gasteiger partial charge in [0.1, 0.15) is 0 Å². The van der Waals surface area contributed by atoms with E-state index in [4.69, 9.17) is 15.0 Å². The number of rotatable bonds is 28. The fourth-order valence-electron chi connectivity index (χ4n) is 14.7. The van der Waals surface area contributed by atoms with Crippen LogP contribution in [-0.4, -0.2) is 306 Å². The Hall–Kier alpha value is -9.82. The van der Waals surface area contributed by atoms with Gasteiger partial charge in [0.15, 0.2) is 29.8 Å². The molecule has 4 aliphatic rings. The highest BCUT2D eigenvalue weighted by Crippen LogP contribution is 2.44. The number of hydrogen-bond donors (Lipinski definition) is 6. The van der Waals surface area contributed by atoms with Gasteiger partial charge in [-0.15, -0.1) is 0 Å². The standard InChI is InChI=1S/C22H29N3O.C20H40N6.C19H42N6.C13H23N3.C11H20N2.C10H17N3.C7H17N3.CH4/c1-2-3-4-5-6-13-18-21(26)25-22(23-19-14-9-7-10-15-19)24-20-16-11-8-12-17-20;1-23(2)19(24(3)4)21-16-13-9-11-15-12-10-14-17(18(15)16)22-20(25(5)6)26(7)8;1-22(2)18(23(3)4)20-16-14-12-10-9-11-13-15-17-21-19(24(5)6)25(7)8;1-10(2)7-14-13(15-8-11(3)4)16-9-12(5)6;1-3-7-11-12-8-4-2-6-10-13(11)9-5-1;1-4-7-11-10(12-8-5-2)13-9-6-3;1-6-8-7(9(2)3)10(4)5;/h7-12,14-17H,2-6,13,18H2,1H3,(H2,23,24,25,26);15-18H,9-14H2,1-8H3;9-17H2,1-8H3;7-9H,1-6H3,(H2,14,15,16);1-10H2;4-9H,1-3H3,(H2,11,12,13);6H2,1-5H3;1H4/b;;;;;7-4-,8-5+,9-6+;;. The molecule has 2 atom stereocenters. The number of para-hydroxylation sites is 2. The van der Waals surface area contributed by atoms with Crippen molar-refractivity contribution in [1.29, 1.82) is 0 Å². The van der Waals surface area contributed by atoms with E-state index < -0.39 is 0 Å². The molecule has 27 nitrogen and oxygen atoms in total. The highest BCUT2D eigenvalue weighted by Gasteiger charge is 2.42. The lowest BCUT2D eigenvalue weighted by Gasteiger charge is -2.44. The predicted octanol–water partition coefficient (Wildman–Crippen LogP) is 19.6. The molecule has 1 amide bonds. The third-order valence-corrected chi connectivity index (χ3v) is 20.5. The smallest absolute Gasteiger partial charge is 0.226 e. The van der Waals surface area contributed by atoms with Gasteiger partial charge in [-0.05, 0) is 189 Å². The summed E-state index contributed by atoms with van der Waals surface area (Å²) in [5.74, 6) is 9.91. The number of unbranched alkanes of at least 4 members (excludes halogenated alkanes) is 11. The van der Waals surface area contributed by atoms with Crippen LogP contribution in [0.15, 0.2) is 178 Å². The molecule has 27 heteroatoms. The summed E-state index contributed by atoms with van der Waals surface area (Å²) >= 11 is 0. The van der Waals surface area contributed by atoms with E-state index in [-0.39, 0.29) is 13.3 Å². The van der Waals surface area contributed by atoms with Crippen molar-refractivity contribution in [2.24, 2.45) is 56.8 Å². The molecule has 0 bridgehead atoms. The number of carbonyl (C=O) groups excluding carboxylic acids is 1. The van der Waals surface area contributed by atoms with Crippen molar-refractivity contribution in [2.45, 2.75) is 269 Å². The summed E-state index contributed by atoms with van der Waals surface area (Å²) in [6, 6.07) is 20.1. The van der Waals surface area contributed by atoms with Crippen LogP contribution in [0.25, 0.3) is 0 Å². The average Bonchev–Trinajstić information content (AvgIpc) is 0.812. The van der Waals surface area contributed by atoms with Gasteiger partial charge in [-0.2, -0.15) is 0 Å². The van der Waals surface area contributed by atoms with E-state index >= 15 is 0 Å². The van der Waals surface area contributed by atoms with Gasteiger partial charge in [-0.1, -0.05) is 169 Å². The van der Waals surface area contributed by atoms with Crippen molar-refractivity contribution < 1.29 is 4.79 Å². The summed E-state index contributed by atoms with van der Waals surface area (Å²) in [4.78, 5) is 77.4. The topological polar surface area (TPSA) is 236 Å². The zero-order valence-electron chi connectivity index (χ0n) is 87.5. The molecule has 3 fully saturated rings. The molecule has 2 unspecified atom stereocenters. The number of amidine groups is 1. The maximum absolute atomic E-state index is 12.3. The normalized spacial score (nSPS) is 15.2. The number of aliphatic imine (C=N–C) groups is 9. The zero-order chi connectivity index (χ0) is 96.7. The molecule has 2 aromatic carbocycles. The molecule has 6 rings (SSSR count). The van der Waals surface area contributed by atoms with Gasteiger partial charge in [-0.3, -0.25) is 30.1 Å². The van der Waals surface area contributed by atoms with Gasteiger partial charge in [0.25, 0.3) is 0 Å². The molecule has 2 saturated carbocycles. The zero-order valence-corrected chi connectivity index (χ0v) is 87.5. The SMILES string of the molecule is C.C/C=C\N=C(N/C=C/C)N/C=C/C.C1CCN=C2CCCCCN2CC1.CC(C)=CN=C(NC=C(C)C)NC=C(C)C.CCCCCCCCC(=O)NC(=Nc1ccccc1)Nc1ccccc1.CCN=C(N(C)C)N(C)C.CN(C)C(=NC1CCCC2CCCC(N=C(N(C)C)N(C)C)C21)N(C)C.CN(C)C(=NCCCCCCCCCN=C(N(C)C)N(C)C)N(C)C. The lowest BCUT2D eigenvalue weighted by molar-refractivity contribution is -0.119. The van der Waals surface area contributed by atoms with E-state index in [1.54, 1.807) is 6.20 Å². The van der Waals surface area contributed by atoms with Gasteiger partial charge < -0.3 is 80.5 Å². The van der Waals surface area contributed by atoms with E-state index in [1.165, 1.54) is 184 Å². The third-order valence-electron chi connectivity index (χ3n) is 20.5. The van der Waals surface area contributed by atoms with Crippen molar-refractivity contribution in [2.75, 3.05) is 186 Å². The number of benzene rings is 2. The first-order valence-corrected chi connectivity index (χ1v) is 48.1. The Bertz CT molecular complexity index is 3520. The lowest BCUT2D eigenvalue weighted by atomic mass is 9.66. The molecular formula is C103H192N26O. The number of nitrogens with zero attached hydrogens (tertiary/aromatic N) is 20. The molecule has 2 aliphatic carbocycles. The van der Waals surface area contributed by atoms with Gasteiger partial charge >= 0.3 is 0 Å². The van der Waals surface area contributed by atoms with Crippen molar-refractivity contribution in [3.8, 4) is 0 Å².